The second-order valence-electron chi connectivity index (χ2n) is 5.05. The van der Waals surface area contributed by atoms with Crippen LogP contribution in [0.5, 0.6) is 0 Å². The van der Waals surface area contributed by atoms with Gasteiger partial charge in [-0.15, -0.1) is 11.3 Å². The highest BCUT2D eigenvalue weighted by Gasteiger charge is 2.15. The molecule has 5 heteroatoms. The fourth-order valence-electron chi connectivity index (χ4n) is 2.37. The Morgan fingerprint density at radius 1 is 1.09 bits per heavy atom. The topological polar surface area (TPSA) is 86.5 Å². The van der Waals surface area contributed by atoms with Gasteiger partial charge in [-0.2, -0.15) is 10.5 Å². The minimum absolute atomic E-state index is 0.220. The molecular weight excluding hydrogens is 304 g/mol. The van der Waals surface area contributed by atoms with Gasteiger partial charge in [0.15, 0.2) is 0 Å². The average Bonchev–Trinajstić information content (AvgIpc) is 3.00. The van der Waals surface area contributed by atoms with Gasteiger partial charge in [-0.3, -0.25) is 0 Å². The molecule has 0 aliphatic heterocycles. The molecule has 0 saturated heterocycles. The molecule has 0 bridgehead atoms. The fraction of sp³-hybridized carbons (Fsp3) is 0.0556. The lowest BCUT2D eigenvalue weighted by atomic mass is 10.0. The standard InChI is InChI=1S/C18H12N4S/c1-11-6-7-23-17(11)14-8-16(22-18(21)15(14)10-20)13-4-2-12(9-19)3-5-13/h2-8H,1H3,(H2,21,22). The summed E-state index contributed by atoms with van der Waals surface area (Å²) in [6, 6.07) is 15.3. The molecule has 0 fully saturated rings. The minimum atomic E-state index is 0.220. The Hall–Kier alpha value is -3.15. The molecule has 0 aliphatic carbocycles. The van der Waals surface area contributed by atoms with Crippen molar-refractivity contribution in [2.24, 2.45) is 0 Å². The number of nitrogens with zero attached hydrogens (tertiary/aromatic N) is 3. The predicted octanol–water partition coefficient (Wildman–Crippen LogP) is 4.11. The van der Waals surface area contributed by atoms with Gasteiger partial charge < -0.3 is 5.73 Å². The van der Waals surface area contributed by atoms with Gasteiger partial charge in [0.2, 0.25) is 0 Å². The SMILES string of the molecule is Cc1ccsc1-c1cc(-c2ccc(C#N)cc2)nc(N)c1C#N. The van der Waals surface area contributed by atoms with Crippen molar-refractivity contribution in [3.8, 4) is 33.8 Å². The Morgan fingerprint density at radius 3 is 2.39 bits per heavy atom. The van der Waals surface area contributed by atoms with E-state index in [1.165, 1.54) is 0 Å². The smallest absolute Gasteiger partial charge is 0.142 e. The Labute approximate surface area is 138 Å². The van der Waals surface area contributed by atoms with Crippen LogP contribution in [0.3, 0.4) is 0 Å². The molecule has 0 aliphatic rings. The first-order valence-corrected chi connectivity index (χ1v) is 7.77. The third-order valence-corrected chi connectivity index (χ3v) is 4.63. The summed E-state index contributed by atoms with van der Waals surface area (Å²) in [4.78, 5) is 5.37. The molecule has 0 spiro atoms. The van der Waals surface area contributed by atoms with E-state index in [0.717, 1.165) is 21.6 Å². The molecule has 4 nitrogen and oxygen atoms in total. The maximum absolute atomic E-state index is 9.42. The summed E-state index contributed by atoms with van der Waals surface area (Å²) in [5.41, 5.74) is 10.4. The number of nitrogen functional groups attached to an aromatic ring is 1. The molecule has 0 radical (unpaired) electrons. The van der Waals surface area contributed by atoms with Crippen LogP contribution in [-0.4, -0.2) is 4.98 Å². The summed E-state index contributed by atoms with van der Waals surface area (Å²) in [7, 11) is 0. The van der Waals surface area contributed by atoms with E-state index in [9.17, 15) is 5.26 Å². The molecule has 0 amide bonds. The number of aromatic nitrogens is 1. The maximum Gasteiger partial charge on any atom is 0.142 e. The average molecular weight is 316 g/mol. The summed E-state index contributed by atoms with van der Waals surface area (Å²) >= 11 is 1.57. The van der Waals surface area contributed by atoms with E-state index in [1.54, 1.807) is 23.5 Å². The Morgan fingerprint density at radius 2 is 1.83 bits per heavy atom. The monoisotopic (exact) mass is 316 g/mol. The van der Waals surface area contributed by atoms with Crippen LogP contribution < -0.4 is 5.73 Å². The van der Waals surface area contributed by atoms with Crippen LogP contribution in [0.15, 0.2) is 41.8 Å². The van der Waals surface area contributed by atoms with E-state index in [-0.39, 0.29) is 5.82 Å². The Bertz CT molecular complexity index is 956. The summed E-state index contributed by atoms with van der Waals surface area (Å²) < 4.78 is 0. The normalized spacial score (nSPS) is 10.0. The van der Waals surface area contributed by atoms with Gasteiger partial charge in [0.25, 0.3) is 0 Å². The van der Waals surface area contributed by atoms with Gasteiger partial charge in [0, 0.05) is 16.0 Å². The number of benzene rings is 1. The van der Waals surface area contributed by atoms with Gasteiger partial charge in [0.1, 0.15) is 17.5 Å². The highest BCUT2D eigenvalue weighted by atomic mass is 32.1. The van der Waals surface area contributed by atoms with Gasteiger partial charge >= 0.3 is 0 Å². The molecule has 1 aromatic carbocycles. The van der Waals surface area contributed by atoms with E-state index in [2.05, 4.69) is 17.1 Å². The van der Waals surface area contributed by atoms with E-state index in [0.29, 0.717) is 16.8 Å². The lowest BCUT2D eigenvalue weighted by Gasteiger charge is -2.09. The largest absolute Gasteiger partial charge is 0.383 e. The van der Waals surface area contributed by atoms with Gasteiger partial charge in [-0.25, -0.2) is 4.98 Å². The first-order valence-electron chi connectivity index (χ1n) is 6.89. The number of pyridine rings is 1. The zero-order valence-electron chi connectivity index (χ0n) is 12.4. The van der Waals surface area contributed by atoms with Crippen LogP contribution in [0.1, 0.15) is 16.7 Å². The van der Waals surface area contributed by atoms with Crippen molar-refractivity contribution in [2.45, 2.75) is 6.92 Å². The summed E-state index contributed by atoms with van der Waals surface area (Å²) in [6.45, 7) is 2.00. The number of hydrogen-bond acceptors (Lipinski definition) is 5. The van der Waals surface area contributed by atoms with Crippen molar-refractivity contribution < 1.29 is 0 Å². The molecule has 2 N–H and O–H groups in total. The molecule has 0 atom stereocenters. The van der Waals surface area contributed by atoms with Crippen molar-refractivity contribution in [3.05, 3.63) is 58.5 Å². The highest BCUT2D eigenvalue weighted by molar-refractivity contribution is 7.13. The summed E-state index contributed by atoms with van der Waals surface area (Å²) in [5.74, 6) is 0.220. The number of anilines is 1. The molecule has 3 aromatic rings. The molecule has 0 saturated carbocycles. The molecule has 2 heterocycles. The number of rotatable bonds is 2. The van der Waals surface area contributed by atoms with Crippen LogP contribution in [0.4, 0.5) is 5.82 Å². The quantitative estimate of drug-likeness (QED) is 0.770. The van der Waals surface area contributed by atoms with Crippen LogP contribution in [0.2, 0.25) is 0 Å². The van der Waals surface area contributed by atoms with Crippen molar-refractivity contribution in [1.29, 1.82) is 10.5 Å². The van der Waals surface area contributed by atoms with Gasteiger partial charge in [-0.05, 0) is 42.1 Å². The molecule has 3 rings (SSSR count). The van der Waals surface area contributed by atoms with Crippen molar-refractivity contribution in [1.82, 2.24) is 4.98 Å². The molecule has 23 heavy (non-hydrogen) atoms. The van der Waals surface area contributed by atoms with Gasteiger partial charge in [0.05, 0.1) is 17.3 Å². The third-order valence-electron chi connectivity index (χ3n) is 3.58. The summed E-state index contributed by atoms with van der Waals surface area (Å²) in [5, 5.41) is 20.3. The second-order valence-corrected chi connectivity index (χ2v) is 5.97. The lowest BCUT2D eigenvalue weighted by molar-refractivity contribution is 1.31. The predicted molar refractivity (Wildman–Crippen MR) is 91.6 cm³/mol. The molecule has 110 valence electrons. The Balaban J connectivity index is 2.21. The second kappa shape index (κ2) is 5.92. The van der Waals surface area contributed by atoms with E-state index in [4.69, 9.17) is 11.0 Å². The van der Waals surface area contributed by atoms with Crippen molar-refractivity contribution in [2.75, 3.05) is 5.73 Å². The molecule has 0 unspecified atom stereocenters. The highest BCUT2D eigenvalue weighted by Crippen LogP contribution is 2.35. The van der Waals surface area contributed by atoms with Crippen LogP contribution >= 0.6 is 11.3 Å². The van der Waals surface area contributed by atoms with E-state index >= 15 is 0 Å². The number of aryl methyl sites for hydroxylation is 1. The third kappa shape index (κ3) is 2.66. The first kappa shape index (κ1) is 14.8. The van der Waals surface area contributed by atoms with Crippen LogP contribution in [0, 0.1) is 29.6 Å². The number of hydrogen-bond donors (Lipinski definition) is 1. The van der Waals surface area contributed by atoms with Crippen molar-refractivity contribution in [3.63, 3.8) is 0 Å². The van der Waals surface area contributed by atoms with E-state index in [1.807, 2.05) is 36.6 Å². The van der Waals surface area contributed by atoms with Crippen molar-refractivity contribution >= 4 is 17.2 Å². The zero-order chi connectivity index (χ0) is 16.4. The number of nitriles is 2. The fourth-order valence-corrected chi connectivity index (χ4v) is 3.32. The summed E-state index contributed by atoms with van der Waals surface area (Å²) in [6.07, 6.45) is 0. The first-order chi connectivity index (χ1) is 11.1. The van der Waals surface area contributed by atoms with E-state index < -0.39 is 0 Å². The van der Waals surface area contributed by atoms with Crippen LogP contribution in [-0.2, 0) is 0 Å². The Kier molecular flexibility index (Phi) is 3.80. The van der Waals surface area contributed by atoms with Gasteiger partial charge in [-0.1, -0.05) is 12.1 Å². The minimum Gasteiger partial charge on any atom is -0.383 e. The lowest BCUT2D eigenvalue weighted by Crippen LogP contribution is -1.99. The van der Waals surface area contributed by atoms with Crippen LogP contribution in [0.25, 0.3) is 21.7 Å². The maximum atomic E-state index is 9.42. The molecular formula is C18H12N4S. The molecule has 2 aromatic heterocycles. The number of nitrogens with two attached hydrogens (primary N) is 1. The number of thiophene rings is 1. The zero-order valence-corrected chi connectivity index (χ0v) is 13.2.